The molecule has 0 N–H and O–H groups in total. The van der Waals surface area contributed by atoms with Crippen molar-refractivity contribution in [3.8, 4) is 225 Å². The Morgan fingerprint density at radius 1 is 0.127 bits per heavy atom. The standard InChI is InChI=1S/C66H24N22S22/c1-2-90-46(67-1)26-4-92-48(69-26)28-6-94-50(71-28)30-8-96-52(73-30)32-10-98-54(75-32)34-12-100-56(77-34)36-14-102-58(79-36)38-16-104-60(81-38)40-18-106-62(83-40)42-20-108-64(85-42)44-22-110-66(87-44)45-23-109-65(88-45)43-21-107-63(86-43)41-19-105-61(84-41)39-17-103-59(82-39)37-15-101-57(80-37)35-13-99-55(78-35)33-11-97-53(76-33)31-9-95-51(74-31)29-7-93-49(72-29)27-5-91-47(70-27)25-3-89-24-68-25/h1-24H. The molecule has 0 aliphatic rings. The Morgan fingerprint density at radius 3 is 0.382 bits per heavy atom. The quantitative estimate of drug-likeness (QED) is 0.0646. The molecule has 0 fully saturated rings. The molecule has 0 spiro atoms. The Morgan fingerprint density at radius 2 is 0.264 bits per heavy atom. The average Bonchev–Trinajstić information content (AvgIpc) is 1.66. The van der Waals surface area contributed by atoms with Gasteiger partial charge in [-0.05, 0) is 0 Å². The Hall–Kier alpha value is -8.14. The Kier molecular flexibility index (Phi) is 18.2. The van der Waals surface area contributed by atoms with Crippen LogP contribution in [0.5, 0.6) is 0 Å². The predicted molar refractivity (Wildman–Crippen MR) is 465 cm³/mol. The molecular formula is C66H24N22S22. The smallest absolute Gasteiger partial charge is 0.143 e. The van der Waals surface area contributed by atoms with E-state index in [1.807, 2.05) is 124 Å². The van der Waals surface area contributed by atoms with E-state index in [2.05, 4.69) is 9.97 Å². The second-order valence-electron chi connectivity index (χ2n) is 22.5. The first kappa shape index (κ1) is 68.6. The van der Waals surface area contributed by atoms with Gasteiger partial charge in [0, 0.05) is 125 Å². The molecule has 22 rings (SSSR count). The average molecular weight is 1830 g/mol. The molecule has 44 heteroatoms. The third-order valence-electron chi connectivity index (χ3n) is 15.5. The van der Waals surface area contributed by atoms with Crippen LogP contribution < -0.4 is 0 Å². The van der Waals surface area contributed by atoms with Crippen LogP contribution in [0.2, 0.25) is 0 Å². The lowest BCUT2D eigenvalue weighted by Gasteiger charge is -1.91. The first-order chi connectivity index (χ1) is 54.3. The van der Waals surface area contributed by atoms with Crippen LogP contribution >= 0.6 is 249 Å². The van der Waals surface area contributed by atoms with Gasteiger partial charge in [0.2, 0.25) is 0 Å². The highest BCUT2D eigenvalue weighted by Gasteiger charge is 2.25. The zero-order valence-electron chi connectivity index (χ0n) is 53.7. The topological polar surface area (TPSA) is 284 Å². The van der Waals surface area contributed by atoms with Crippen molar-refractivity contribution in [2.45, 2.75) is 0 Å². The van der Waals surface area contributed by atoms with Crippen molar-refractivity contribution in [3.63, 3.8) is 0 Å². The van der Waals surface area contributed by atoms with Gasteiger partial charge in [0.15, 0.2) is 0 Å². The minimum Gasteiger partial charge on any atom is -0.243 e. The van der Waals surface area contributed by atoms with Gasteiger partial charge in [0.05, 0.1) is 5.51 Å². The van der Waals surface area contributed by atoms with E-state index in [-0.39, 0.29) is 0 Å². The first-order valence-corrected chi connectivity index (χ1v) is 50.7. The number of hydrogen-bond donors (Lipinski definition) is 0. The van der Waals surface area contributed by atoms with Gasteiger partial charge >= 0.3 is 0 Å². The lowest BCUT2D eigenvalue weighted by Crippen LogP contribution is -1.83. The van der Waals surface area contributed by atoms with Crippen LogP contribution in [0.3, 0.4) is 0 Å². The Balaban J connectivity index is 0.410. The highest BCUT2D eigenvalue weighted by Crippen LogP contribution is 2.45. The number of thiazole rings is 22. The number of rotatable bonds is 21. The van der Waals surface area contributed by atoms with E-state index in [1.54, 1.807) is 188 Å². The molecule has 0 saturated carbocycles. The van der Waals surface area contributed by atoms with E-state index in [0.29, 0.717) is 0 Å². The van der Waals surface area contributed by atoms with E-state index in [1.165, 1.54) is 68.0 Å². The molecule has 0 radical (unpaired) electrons. The third-order valence-corrected chi connectivity index (χ3v) is 34.2. The molecule has 0 saturated heterocycles. The molecule has 0 bridgehead atoms. The zero-order chi connectivity index (χ0) is 72.3. The van der Waals surface area contributed by atoms with Gasteiger partial charge in [-0.2, -0.15) is 0 Å². The molecule has 22 nitrogen and oxygen atoms in total. The second kappa shape index (κ2) is 29.1. The van der Waals surface area contributed by atoms with Gasteiger partial charge in [-0.1, -0.05) is 0 Å². The summed E-state index contributed by atoms with van der Waals surface area (Å²) in [5.41, 5.74) is 18.8. The van der Waals surface area contributed by atoms with Gasteiger partial charge in [-0.3, -0.25) is 0 Å². The monoisotopic (exact) mass is 1830 g/mol. The number of aromatic nitrogens is 22. The van der Waals surface area contributed by atoms with Crippen molar-refractivity contribution in [2.75, 3.05) is 0 Å². The summed E-state index contributed by atoms with van der Waals surface area (Å²) >= 11 is 34.1. The highest BCUT2D eigenvalue weighted by atomic mass is 32.2. The molecule has 0 atom stereocenters. The van der Waals surface area contributed by atoms with Crippen molar-refractivity contribution in [3.05, 3.63) is 130 Å². The number of nitrogens with zero attached hydrogens (tertiary/aromatic N) is 22. The summed E-state index contributed by atoms with van der Waals surface area (Å²) in [6.07, 6.45) is 1.79. The minimum absolute atomic E-state index is 0.789. The molecule has 22 aromatic heterocycles. The summed E-state index contributed by atoms with van der Waals surface area (Å²) in [5.74, 6) is 0. The normalized spacial score (nSPS) is 11.8. The highest BCUT2D eigenvalue weighted by molar-refractivity contribution is 7.22. The summed E-state index contributed by atoms with van der Waals surface area (Å²) in [4.78, 5) is 108. The number of hydrogen-bond acceptors (Lipinski definition) is 44. The van der Waals surface area contributed by atoms with Crippen LogP contribution in [0.1, 0.15) is 0 Å². The van der Waals surface area contributed by atoms with Crippen molar-refractivity contribution < 1.29 is 0 Å². The molecule has 0 unspecified atom stereocenters. The fourth-order valence-corrected chi connectivity index (χ4v) is 28.4. The Bertz CT molecular complexity index is 6580. The van der Waals surface area contributed by atoms with E-state index in [4.69, 9.17) is 99.7 Å². The molecule has 0 aliphatic carbocycles. The van der Waals surface area contributed by atoms with Gasteiger partial charge in [0.25, 0.3) is 0 Å². The minimum atomic E-state index is 0.789. The van der Waals surface area contributed by atoms with Crippen molar-refractivity contribution >= 4 is 249 Å². The van der Waals surface area contributed by atoms with Crippen LogP contribution in [0.25, 0.3) is 225 Å². The molecule has 0 amide bonds. The largest absolute Gasteiger partial charge is 0.243 e. The van der Waals surface area contributed by atoms with Gasteiger partial charge in [-0.25, -0.2) is 110 Å². The molecule has 0 aromatic carbocycles. The predicted octanol–water partition coefficient (Wildman–Crippen LogP) is 24.7. The third kappa shape index (κ3) is 13.4. The molecule has 530 valence electrons. The van der Waals surface area contributed by atoms with Crippen LogP contribution in [-0.4, -0.2) is 110 Å². The van der Waals surface area contributed by atoms with Gasteiger partial charge < -0.3 is 0 Å². The maximum atomic E-state index is 5.00. The molecular weight excluding hydrogens is 1810 g/mol. The molecule has 22 aromatic rings. The van der Waals surface area contributed by atoms with Gasteiger partial charge in [0.1, 0.15) is 225 Å². The summed E-state index contributed by atoms with van der Waals surface area (Å²) in [7, 11) is 0. The molecule has 0 aliphatic heterocycles. The first-order valence-electron chi connectivity index (χ1n) is 31.3. The van der Waals surface area contributed by atoms with Crippen LogP contribution in [0, 0.1) is 0 Å². The van der Waals surface area contributed by atoms with E-state index in [9.17, 15) is 0 Å². The summed E-state index contributed by atoms with van der Waals surface area (Å²) < 4.78 is 0. The summed E-state index contributed by atoms with van der Waals surface area (Å²) in [6.45, 7) is 0. The van der Waals surface area contributed by atoms with E-state index >= 15 is 0 Å². The summed E-state index contributed by atoms with van der Waals surface area (Å²) in [5, 5.41) is 61.9. The molecule has 110 heavy (non-hydrogen) atoms. The summed E-state index contributed by atoms with van der Waals surface area (Å²) in [6, 6.07) is 0. The Labute approximate surface area is 705 Å². The van der Waals surface area contributed by atoms with Crippen molar-refractivity contribution in [1.82, 2.24) is 110 Å². The van der Waals surface area contributed by atoms with Crippen molar-refractivity contribution in [1.29, 1.82) is 0 Å². The fourth-order valence-electron chi connectivity index (χ4n) is 10.5. The maximum Gasteiger partial charge on any atom is 0.143 e. The van der Waals surface area contributed by atoms with E-state index in [0.717, 1.165) is 225 Å². The van der Waals surface area contributed by atoms with E-state index < -0.39 is 0 Å². The second-order valence-corrected chi connectivity index (χ2v) is 41.2. The van der Waals surface area contributed by atoms with Gasteiger partial charge in [-0.15, -0.1) is 249 Å². The van der Waals surface area contributed by atoms with Crippen LogP contribution in [-0.2, 0) is 0 Å². The SMILES string of the molecule is c1csc(-c2csc(-c3csc(-c4csc(-c5csc(-c6csc(-c7csc(-c8csc(-c9csc(-c%10csc(-c%11csc(-c%12csc(-c%13csc(-c%14csc(-c%15csc(-c%16csc(-c%17csc(-c%18csc(-c%19csc(-c%20csc(-c%21csc(-c%22cscn%22)n%21)n%20)n%19)n%18)n%17)n%16)n%15)n%14)n%13)n%12)n%11)n%10)n9)n8)n7)n6)n5)n4)n3)n2)n1. The zero-order valence-corrected chi connectivity index (χ0v) is 71.6. The lowest BCUT2D eigenvalue weighted by atomic mass is 10.4. The fraction of sp³-hybridized carbons (Fsp3) is 0. The van der Waals surface area contributed by atoms with Crippen LogP contribution in [0.15, 0.2) is 130 Å². The van der Waals surface area contributed by atoms with Crippen molar-refractivity contribution in [2.24, 2.45) is 0 Å². The molecule has 22 heterocycles. The maximum absolute atomic E-state index is 5.00. The van der Waals surface area contributed by atoms with Crippen LogP contribution in [0.4, 0.5) is 0 Å². The lowest BCUT2D eigenvalue weighted by molar-refractivity contribution is 1.28.